The molecule has 0 spiro atoms. The fourth-order valence-electron chi connectivity index (χ4n) is 2.31. The van der Waals surface area contributed by atoms with Crippen molar-refractivity contribution in [3.63, 3.8) is 0 Å². The minimum Gasteiger partial charge on any atom is -0.236 e. The summed E-state index contributed by atoms with van der Waals surface area (Å²) in [6, 6.07) is 17.0. The zero-order valence-corrected chi connectivity index (χ0v) is 14.5. The molecule has 2 aromatic carbocycles. The Hall–Kier alpha value is -1.45. The van der Waals surface area contributed by atoms with E-state index in [0.717, 1.165) is 27.2 Å². The van der Waals surface area contributed by atoms with Gasteiger partial charge in [0.25, 0.3) is 0 Å². The number of rotatable bonds is 3. The number of hydrogen-bond acceptors (Lipinski definition) is 2. The van der Waals surface area contributed by atoms with Gasteiger partial charge in [0.1, 0.15) is 5.01 Å². The maximum atomic E-state index is 4.84. The molecule has 1 nitrogen and oxygen atoms in total. The van der Waals surface area contributed by atoms with Crippen LogP contribution in [0.2, 0.25) is 0 Å². The zero-order valence-electron chi connectivity index (χ0n) is 12.1. The van der Waals surface area contributed by atoms with Crippen LogP contribution in [0.5, 0.6) is 0 Å². The lowest BCUT2D eigenvalue weighted by Gasteiger charge is -2.01. The summed E-state index contributed by atoms with van der Waals surface area (Å²) in [6.07, 6.45) is 1.07. The molecule has 0 aliphatic rings. The summed E-state index contributed by atoms with van der Waals surface area (Å²) >= 11 is 5.27. The molecule has 0 bridgehead atoms. The van der Waals surface area contributed by atoms with E-state index in [4.69, 9.17) is 4.98 Å². The average molecular weight is 358 g/mol. The number of nitrogens with zero attached hydrogens (tertiary/aromatic N) is 1. The smallest absolute Gasteiger partial charge is 0.124 e. The molecule has 0 radical (unpaired) electrons. The Morgan fingerprint density at radius 2 is 1.81 bits per heavy atom. The molecule has 21 heavy (non-hydrogen) atoms. The lowest BCUT2D eigenvalue weighted by atomic mass is 10.1. The highest BCUT2D eigenvalue weighted by Gasteiger charge is 2.11. The standard InChI is InChI=1S/C18H16BrNS/c1-3-13-7-9-14(10-8-13)17-12(2)21-18(20-17)15-5-4-6-16(19)11-15/h4-11H,3H2,1-2H3. The zero-order chi connectivity index (χ0) is 14.8. The third-order valence-electron chi connectivity index (χ3n) is 3.50. The van der Waals surface area contributed by atoms with E-state index in [1.807, 2.05) is 12.1 Å². The number of aryl methyl sites for hydroxylation is 2. The van der Waals surface area contributed by atoms with E-state index in [1.165, 1.54) is 16.0 Å². The van der Waals surface area contributed by atoms with E-state index >= 15 is 0 Å². The Morgan fingerprint density at radius 1 is 1.05 bits per heavy atom. The Labute approximate surface area is 137 Å². The normalized spacial score (nSPS) is 10.8. The highest BCUT2D eigenvalue weighted by molar-refractivity contribution is 9.10. The molecule has 1 heterocycles. The molecule has 3 aromatic rings. The SMILES string of the molecule is CCc1ccc(-c2nc(-c3cccc(Br)c3)sc2C)cc1. The highest BCUT2D eigenvalue weighted by Crippen LogP contribution is 2.34. The van der Waals surface area contributed by atoms with E-state index in [9.17, 15) is 0 Å². The van der Waals surface area contributed by atoms with E-state index in [0.29, 0.717) is 0 Å². The summed E-state index contributed by atoms with van der Waals surface area (Å²) < 4.78 is 1.08. The third-order valence-corrected chi connectivity index (χ3v) is 5.02. The van der Waals surface area contributed by atoms with Gasteiger partial charge in [0.2, 0.25) is 0 Å². The van der Waals surface area contributed by atoms with Gasteiger partial charge in [-0.15, -0.1) is 11.3 Å². The molecular formula is C18H16BrNS. The monoisotopic (exact) mass is 357 g/mol. The molecule has 0 N–H and O–H groups in total. The molecule has 3 heteroatoms. The van der Waals surface area contributed by atoms with Crippen molar-refractivity contribution in [3.05, 3.63) is 63.4 Å². The first-order valence-corrected chi connectivity index (χ1v) is 8.61. The number of hydrogen-bond donors (Lipinski definition) is 0. The maximum Gasteiger partial charge on any atom is 0.124 e. The Balaban J connectivity index is 2.01. The molecular weight excluding hydrogens is 342 g/mol. The van der Waals surface area contributed by atoms with Crippen molar-refractivity contribution in [2.24, 2.45) is 0 Å². The van der Waals surface area contributed by atoms with E-state index < -0.39 is 0 Å². The molecule has 106 valence electrons. The lowest BCUT2D eigenvalue weighted by molar-refractivity contribution is 1.14. The summed E-state index contributed by atoms with van der Waals surface area (Å²) in [5.41, 5.74) is 4.81. The maximum absolute atomic E-state index is 4.84. The summed E-state index contributed by atoms with van der Waals surface area (Å²) in [6.45, 7) is 4.32. The van der Waals surface area contributed by atoms with Gasteiger partial charge >= 0.3 is 0 Å². The first-order valence-electron chi connectivity index (χ1n) is 7.00. The molecule has 3 rings (SSSR count). The van der Waals surface area contributed by atoms with Crippen LogP contribution in [0.25, 0.3) is 21.8 Å². The van der Waals surface area contributed by atoms with E-state index in [2.05, 4.69) is 66.2 Å². The molecule has 0 fully saturated rings. The second-order valence-corrected chi connectivity index (χ2v) is 7.10. The van der Waals surface area contributed by atoms with Crippen molar-refractivity contribution in [1.29, 1.82) is 0 Å². The number of aromatic nitrogens is 1. The second-order valence-electron chi connectivity index (χ2n) is 4.98. The first kappa shape index (κ1) is 14.5. The number of halogens is 1. The molecule has 0 saturated carbocycles. The van der Waals surface area contributed by atoms with Gasteiger partial charge in [-0.3, -0.25) is 0 Å². The average Bonchev–Trinajstić information content (AvgIpc) is 2.89. The van der Waals surface area contributed by atoms with Gasteiger partial charge in [-0.2, -0.15) is 0 Å². The first-order chi connectivity index (χ1) is 10.2. The highest BCUT2D eigenvalue weighted by atomic mass is 79.9. The van der Waals surface area contributed by atoms with Crippen LogP contribution in [0.15, 0.2) is 53.0 Å². The number of thiazole rings is 1. The van der Waals surface area contributed by atoms with Crippen LogP contribution in [0, 0.1) is 6.92 Å². The van der Waals surface area contributed by atoms with Crippen LogP contribution < -0.4 is 0 Å². The fraction of sp³-hybridized carbons (Fsp3) is 0.167. The Bertz CT molecular complexity index is 759. The lowest BCUT2D eigenvalue weighted by Crippen LogP contribution is -1.84. The summed E-state index contributed by atoms with van der Waals surface area (Å²) in [4.78, 5) is 6.10. The molecule has 0 atom stereocenters. The van der Waals surface area contributed by atoms with Crippen LogP contribution in [-0.2, 0) is 6.42 Å². The van der Waals surface area contributed by atoms with Gasteiger partial charge in [0.15, 0.2) is 0 Å². The molecule has 0 saturated heterocycles. The van der Waals surface area contributed by atoms with E-state index in [1.54, 1.807) is 11.3 Å². The van der Waals surface area contributed by atoms with Crippen LogP contribution in [-0.4, -0.2) is 4.98 Å². The van der Waals surface area contributed by atoms with Crippen molar-refractivity contribution < 1.29 is 0 Å². The molecule has 0 unspecified atom stereocenters. The molecule has 0 aliphatic heterocycles. The van der Waals surface area contributed by atoms with Crippen molar-refractivity contribution in [1.82, 2.24) is 4.98 Å². The number of benzene rings is 2. The topological polar surface area (TPSA) is 12.9 Å². The quantitative estimate of drug-likeness (QED) is 0.550. The molecule has 1 aromatic heterocycles. The van der Waals surface area contributed by atoms with Crippen molar-refractivity contribution in [2.75, 3.05) is 0 Å². The Morgan fingerprint density at radius 3 is 2.48 bits per heavy atom. The minimum atomic E-state index is 1.07. The minimum absolute atomic E-state index is 1.07. The molecule has 0 amide bonds. The fourth-order valence-corrected chi connectivity index (χ4v) is 3.64. The predicted octanol–water partition coefficient (Wildman–Crippen LogP) is 6.11. The van der Waals surface area contributed by atoms with Gasteiger partial charge in [0, 0.05) is 20.5 Å². The van der Waals surface area contributed by atoms with Crippen molar-refractivity contribution in [2.45, 2.75) is 20.3 Å². The second kappa shape index (κ2) is 6.12. The summed E-state index contributed by atoms with van der Waals surface area (Å²) in [7, 11) is 0. The largest absolute Gasteiger partial charge is 0.236 e. The van der Waals surface area contributed by atoms with Gasteiger partial charge in [0.05, 0.1) is 5.69 Å². The third kappa shape index (κ3) is 3.09. The van der Waals surface area contributed by atoms with Crippen LogP contribution >= 0.6 is 27.3 Å². The van der Waals surface area contributed by atoms with E-state index in [-0.39, 0.29) is 0 Å². The van der Waals surface area contributed by atoms with Gasteiger partial charge in [-0.05, 0) is 31.0 Å². The Kier molecular flexibility index (Phi) is 4.22. The van der Waals surface area contributed by atoms with Crippen LogP contribution in [0.3, 0.4) is 0 Å². The summed E-state index contributed by atoms with van der Waals surface area (Å²) in [5, 5.41) is 1.07. The van der Waals surface area contributed by atoms with Gasteiger partial charge in [-0.25, -0.2) is 4.98 Å². The van der Waals surface area contributed by atoms with Gasteiger partial charge < -0.3 is 0 Å². The van der Waals surface area contributed by atoms with Crippen molar-refractivity contribution >= 4 is 27.3 Å². The summed E-state index contributed by atoms with van der Waals surface area (Å²) in [5.74, 6) is 0. The van der Waals surface area contributed by atoms with Crippen LogP contribution in [0.1, 0.15) is 17.4 Å². The van der Waals surface area contributed by atoms with Gasteiger partial charge in [-0.1, -0.05) is 59.3 Å². The molecule has 0 aliphatic carbocycles. The van der Waals surface area contributed by atoms with Crippen LogP contribution in [0.4, 0.5) is 0 Å². The predicted molar refractivity (Wildman–Crippen MR) is 94.8 cm³/mol. The van der Waals surface area contributed by atoms with Crippen molar-refractivity contribution in [3.8, 4) is 21.8 Å².